The van der Waals surface area contributed by atoms with Crippen LogP contribution in [-0.4, -0.2) is 73.8 Å². The summed E-state index contributed by atoms with van der Waals surface area (Å²) in [7, 11) is 2.21. The molecule has 2 aromatic carbocycles. The average molecular weight is 566 g/mol. The van der Waals surface area contributed by atoms with E-state index < -0.39 is 0 Å². The Morgan fingerprint density at radius 2 is 1.70 bits per heavy atom. The van der Waals surface area contributed by atoms with E-state index in [1.54, 1.807) is 0 Å². The summed E-state index contributed by atoms with van der Waals surface area (Å²) in [6.07, 6.45) is 1.24. The fraction of sp³-hybridized carbons (Fsp3) is 0.500. The van der Waals surface area contributed by atoms with E-state index in [0.29, 0.717) is 13.1 Å². The van der Waals surface area contributed by atoms with Gasteiger partial charge in [0.25, 0.3) is 0 Å². The minimum Gasteiger partial charge on any atom is -0.396 e. The summed E-state index contributed by atoms with van der Waals surface area (Å²) in [5.41, 5.74) is 3.69. The third kappa shape index (κ3) is 9.60. The highest BCUT2D eigenvalue weighted by Crippen LogP contribution is 2.14. The molecule has 0 spiro atoms. The van der Waals surface area contributed by atoms with Gasteiger partial charge in [-0.2, -0.15) is 0 Å². The van der Waals surface area contributed by atoms with Gasteiger partial charge in [0.1, 0.15) is 0 Å². The van der Waals surface area contributed by atoms with Gasteiger partial charge >= 0.3 is 0 Å². The van der Waals surface area contributed by atoms with Crippen LogP contribution in [0.2, 0.25) is 0 Å². The number of hydrogen-bond acceptors (Lipinski definition) is 4. The molecule has 0 saturated carbocycles. The monoisotopic (exact) mass is 565 g/mol. The van der Waals surface area contributed by atoms with Crippen molar-refractivity contribution >= 4 is 29.9 Å². The van der Waals surface area contributed by atoms with Crippen molar-refractivity contribution in [2.24, 2.45) is 4.99 Å². The molecule has 3 rings (SSSR count). The number of nitrogens with one attached hydrogen (secondary N) is 2. The predicted molar refractivity (Wildman–Crippen MR) is 148 cm³/mol. The van der Waals surface area contributed by atoms with Crippen LogP contribution >= 0.6 is 24.0 Å². The highest BCUT2D eigenvalue weighted by atomic mass is 127. The van der Waals surface area contributed by atoms with Gasteiger partial charge in [-0.3, -0.25) is 4.90 Å². The Bertz CT molecular complexity index is 815. The number of halogens is 1. The second-order valence-corrected chi connectivity index (χ2v) is 8.62. The van der Waals surface area contributed by atoms with Crippen molar-refractivity contribution < 1.29 is 5.11 Å². The van der Waals surface area contributed by atoms with E-state index in [0.717, 1.165) is 37.7 Å². The molecule has 1 unspecified atom stereocenters. The first-order valence-corrected chi connectivity index (χ1v) is 11.8. The fourth-order valence-corrected chi connectivity index (χ4v) is 4.01. The molecular weight excluding hydrogens is 525 g/mol. The lowest BCUT2D eigenvalue weighted by Gasteiger charge is -2.20. The summed E-state index contributed by atoms with van der Waals surface area (Å²) in [6, 6.07) is 19.0. The standard InChI is InChI=1S/C26H39N5O.HI/c1-3-27-26(29-19-25(21-32)24-8-5-4-6-9-24)28-18-22-10-12-23(13-11-22)20-31-15-7-14-30(2)16-17-31;/h4-6,8-13,25,32H,3,7,14-21H2,1-2H3,(H2,27,28,29);1H. The third-order valence-electron chi connectivity index (χ3n) is 6.01. The highest BCUT2D eigenvalue weighted by Gasteiger charge is 2.13. The molecule has 7 heteroatoms. The van der Waals surface area contributed by atoms with Crippen LogP contribution in [-0.2, 0) is 13.1 Å². The largest absolute Gasteiger partial charge is 0.396 e. The fourth-order valence-electron chi connectivity index (χ4n) is 4.01. The van der Waals surface area contributed by atoms with Gasteiger partial charge in [-0.15, -0.1) is 24.0 Å². The minimum absolute atomic E-state index is 0. The van der Waals surface area contributed by atoms with Crippen molar-refractivity contribution in [3.05, 3.63) is 71.3 Å². The zero-order valence-electron chi connectivity index (χ0n) is 20.0. The van der Waals surface area contributed by atoms with Crippen molar-refractivity contribution in [3.63, 3.8) is 0 Å². The summed E-state index contributed by atoms with van der Waals surface area (Å²) in [5.74, 6) is 0.817. The SMILES string of the molecule is CCNC(=NCc1ccc(CN2CCCN(C)CC2)cc1)NCC(CO)c1ccccc1.I. The topological polar surface area (TPSA) is 63.1 Å². The molecule has 0 amide bonds. The van der Waals surface area contributed by atoms with E-state index in [-0.39, 0.29) is 36.5 Å². The number of aliphatic hydroxyl groups is 1. The number of aliphatic hydroxyl groups excluding tert-OH is 1. The number of likely N-dealkylation sites (N-methyl/N-ethyl adjacent to an activating group) is 1. The van der Waals surface area contributed by atoms with Gasteiger partial charge in [0.15, 0.2) is 5.96 Å². The Morgan fingerprint density at radius 1 is 0.970 bits per heavy atom. The molecule has 1 atom stereocenters. The van der Waals surface area contributed by atoms with E-state index in [9.17, 15) is 5.11 Å². The second kappa shape index (κ2) is 15.3. The van der Waals surface area contributed by atoms with Crippen LogP contribution in [0.5, 0.6) is 0 Å². The Labute approximate surface area is 216 Å². The van der Waals surface area contributed by atoms with Gasteiger partial charge in [-0.25, -0.2) is 4.99 Å². The van der Waals surface area contributed by atoms with Crippen molar-refractivity contribution in [2.75, 3.05) is 52.9 Å². The van der Waals surface area contributed by atoms with Gasteiger partial charge < -0.3 is 20.6 Å². The van der Waals surface area contributed by atoms with Gasteiger partial charge in [-0.05, 0) is 50.2 Å². The van der Waals surface area contributed by atoms with E-state index >= 15 is 0 Å². The maximum absolute atomic E-state index is 9.80. The number of nitrogens with zero attached hydrogens (tertiary/aromatic N) is 3. The summed E-state index contributed by atoms with van der Waals surface area (Å²) in [4.78, 5) is 9.71. The van der Waals surface area contributed by atoms with Gasteiger partial charge in [0, 0.05) is 38.6 Å². The first-order chi connectivity index (χ1) is 15.7. The number of hydrogen-bond donors (Lipinski definition) is 3. The normalized spacial score (nSPS) is 16.5. The third-order valence-corrected chi connectivity index (χ3v) is 6.01. The zero-order valence-corrected chi connectivity index (χ0v) is 22.4. The quantitative estimate of drug-likeness (QED) is 0.248. The molecule has 0 radical (unpaired) electrons. The van der Waals surface area contributed by atoms with E-state index in [4.69, 9.17) is 4.99 Å². The van der Waals surface area contributed by atoms with Crippen LogP contribution in [0.25, 0.3) is 0 Å². The molecule has 0 bridgehead atoms. The molecular formula is C26H40IN5O. The van der Waals surface area contributed by atoms with Crippen molar-refractivity contribution in [1.82, 2.24) is 20.4 Å². The van der Waals surface area contributed by atoms with E-state index in [1.807, 2.05) is 18.2 Å². The van der Waals surface area contributed by atoms with Gasteiger partial charge in [0.2, 0.25) is 0 Å². The zero-order chi connectivity index (χ0) is 22.6. The van der Waals surface area contributed by atoms with Crippen molar-refractivity contribution in [3.8, 4) is 0 Å². The smallest absolute Gasteiger partial charge is 0.191 e. The molecule has 1 aliphatic heterocycles. The molecule has 1 aliphatic rings. The Hall–Kier alpha value is -1.68. The van der Waals surface area contributed by atoms with Crippen LogP contribution < -0.4 is 10.6 Å². The van der Waals surface area contributed by atoms with Gasteiger partial charge in [-0.1, -0.05) is 54.6 Å². The van der Waals surface area contributed by atoms with Crippen molar-refractivity contribution in [2.45, 2.75) is 32.4 Å². The second-order valence-electron chi connectivity index (χ2n) is 8.62. The number of rotatable bonds is 9. The molecule has 1 heterocycles. The maximum atomic E-state index is 9.80. The molecule has 1 fully saturated rings. The summed E-state index contributed by atoms with van der Waals surface area (Å²) in [5, 5.41) is 16.5. The Kier molecular flexibility index (Phi) is 12.8. The van der Waals surface area contributed by atoms with Crippen LogP contribution in [0.1, 0.15) is 36.0 Å². The lowest BCUT2D eigenvalue weighted by Crippen LogP contribution is -2.39. The molecule has 0 aromatic heterocycles. The van der Waals surface area contributed by atoms with Gasteiger partial charge in [0.05, 0.1) is 13.2 Å². The average Bonchev–Trinajstić information content (AvgIpc) is 3.03. The molecule has 0 aliphatic carbocycles. The summed E-state index contributed by atoms with van der Waals surface area (Å²) < 4.78 is 0. The summed E-state index contributed by atoms with van der Waals surface area (Å²) >= 11 is 0. The predicted octanol–water partition coefficient (Wildman–Crippen LogP) is 3.27. The first kappa shape index (κ1) is 27.6. The molecule has 3 N–H and O–H groups in total. The molecule has 6 nitrogen and oxygen atoms in total. The Balaban J connectivity index is 0.00000385. The van der Waals surface area contributed by atoms with Crippen molar-refractivity contribution in [1.29, 1.82) is 0 Å². The molecule has 33 heavy (non-hydrogen) atoms. The van der Waals surface area contributed by atoms with Crippen LogP contribution in [0, 0.1) is 0 Å². The van der Waals surface area contributed by atoms with E-state index in [2.05, 4.69) is 70.8 Å². The van der Waals surface area contributed by atoms with Crippen LogP contribution in [0.3, 0.4) is 0 Å². The first-order valence-electron chi connectivity index (χ1n) is 11.8. The van der Waals surface area contributed by atoms with E-state index in [1.165, 1.54) is 30.6 Å². The lowest BCUT2D eigenvalue weighted by molar-refractivity contribution is 0.265. The lowest BCUT2D eigenvalue weighted by atomic mass is 10.0. The molecule has 182 valence electrons. The number of guanidine groups is 1. The minimum atomic E-state index is 0. The number of benzene rings is 2. The maximum Gasteiger partial charge on any atom is 0.191 e. The van der Waals surface area contributed by atoms with Crippen LogP contribution in [0.4, 0.5) is 0 Å². The van der Waals surface area contributed by atoms with Crippen LogP contribution in [0.15, 0.2) is 59.6 Å². The number of aliphatic imine (C=N–C) groups is 1. The summed E-state index contributed by atoms with van der Waals surface area (Å²) in [6.45, 7) is 9.89. The highest BCUT2D eigenvalue weighted by molar-refractivity contribution is 14.0. The molecule has 1 saturated heterocycles. The Morgan fingerprint density at radius 3 is 2.39 bits per heavy atom. The molecule has 2 aromatic rings.